The van der Waals surface area contributed by atoms with Gasteiger partial charge in [-0.3, -0.25) is 9.59 Å². The van der Waals surface area contributed by atoms with E-state index in [9.17, 15) is 9.59 Å². The Labute approximate surface area is 139 Å². The highest BCUT2D eigenvalue weighted by Gasteiger charge is 2.32. The van der Waals surface area contributed by atoms with Gasteiger partial charge in [-0.2, -0.15) is 0 Å². The Morgan fingerprint density at radius 1 is 1.43 bits per heavy atom. The Morgan fingerprint density at radius 3 is 2.74 bits per heavy atom. The molecule has 0 saturated carbocycles. The van der Waals surface area contributed by atoms with E-state index in [0.717, 1.165) is 4.90 Å². The largest absolute Gasteiger partial charge is 0.481 e. The van der Waals surface area contributed by atoms with E-state index in [2.05, 4.69) is 0 Å². The zero-order valence-corrected chi connectivity index (χ0v) is 14.0. The van der Waals surface area contributed by atoms with Crippen LogP contribution in [-0.4, -0.2) is 60.0 Å². The van der Waals surface area contributed by atoms with Crippen molar-refractivity contribution in [3.63, 3.8) is 0 Å². The highest BCUT2D eigenvalue weighted by atomic mass is 32.2. The Bertz CT molecular complexity index is 548. The van der Waals surface area contributed by atoms with E-state index >= 15 is 0 Å². The molecule has 126 valence electrons. The average Bonchev–Trinajstić information content (AvgIpc) is 2.55. The maximum atomic E-state index is 12.6. The van der Waals surface area contributed by atoms with Crippen molar-refractivity contribution in [1.29, 1.82) is 0 Å². The van der Waals surface area contributed by atoms with Crippen molar-refractivity contribution in [2.24, 2.45) is 0 Å². The molecule has 0 aliphatic carbocycles. The number of hydrogen-bond donors (Lipinski definition) is 1. The lowest BCUT2D eigenvalue weighted by molar-refractivity contribution is -0.150. The van der Waals surface area contributed by atoms with Crippen LogP contribution in [0.5, 0.6) is 5.75 Å². The zero-order chi connectivity index (χ0) is 16.8. The second-order valence-corrected chi connectivity index (χ2v) is 6.17. The molecule has 0 aromatic heterocycles. The summed E-state index contributed by atoms with van der Waals surface area (Å²) in [6.07, 6.45) is 1.19. The van der Waals surface area contributed by atoms with Crippen LogP contribution in [0.15, 0.2) is 29.2 Å². The molecule has 1 heterocycles. The third-order valence-corrected chi connectivity index (χ3v) is 4.38. The van der Waals surface area contributed by atoms with Gasteiger partial charge in [-0.25, -0.2) is 0 Å². The molecule has 2 rings (SSSR count). The molecule has 2 unspecified atom stereocenters. The monoisotopic (exact) mass is 339 g/mol. The summed E-state index contributed by atoms with van der Waals surface area (Å²) < 4.78 is 11.0. The van der Waals surface area contributed by atoms with Crippen molar-refractivity contribution in [3.05, 3.63) is 24.3 Å². The summed E-state index contributed by atoms with van der Waals surface area (Å²) in [7, 11) is 0. The van der Waals surface area contributed by atoms with Crippen molar-refractivity contribution in [1.82, 2.24) is 4.90 Å². The third-order valence-electron chi connectivity index (χ3n) is 3.64. The van der Waals surface area contributed by atoms with Crippen LogP contribution >= 0.6 is 11.8 Å². The van der Waals surface area contributed by atoms with Gasteiger partial charge in [0.05, 0.1) is 25.7 Å². The van der Waals surface area contributed by atoms with Crippen LogP contribution in [0.3, 0.4) is 0 Å². The molecular weight excluding hydrogens is 318 g/mol. The van der Waals surface area contributed by atoms with Crippen LogP contribution in [0.1, 0.15) is 13.3 Å². The maximum absolute atomic E-state index is 12.6. The highest BCUT2D eigenvalue weighted by molar-refractivity contribution is 7.98. The van der Waals surface area contributed by atoms with Gasteiger partial charge in [0.25, 0.3) is 5.91 Å². The summed E-state index contributed by atoms with van der Waals surface area (Å²) in [5.74, 6) is -0.542. The van der Waals surface area contributed by atoms with E-state index in [1.807, 2.05) is 30.5 Å². The number of aliphatic carboxylic acids is 1. The first-order valence-corrected chi connectivity index (χ1v) is 8.64. The molecule has 1 saturated heterocycles. The molecular formula is C16H21NO5S. The first-order chi connectivity index (χ1) is 11.0. The summed E-state index contributed by atoms with van der Waals surface area (Å²) in [5.41, 5.74) is 0. The first kappa shape index (κ1) is 17.6. The minimum atomic E-state index is -0.945. The van der Waals surface area contributed by atoms with Crippen LogP contribution < -0.4 is 4.74 Å². The Kier molecular flexibility index (Phi) is 6.29. The highest BCUT2D eigenvalue weighted by Crippen LogP contribution is 2.21. The normalized spacial score (nSPS) is 19.2. The molecule has 23 heavy (non-hydrogen) atoms. The molecule has 0 bridgehead atoms. The van der Waals surface area contributed by atoms with Crippen LogP contribution in [0.25, 0.3) is 0 Å². The molecule has 1 amide bonds. The number of nitrogens with zero attached hydrogens (tertiary/aromatic N) is 1. The number of hydrogen-bond acceptors (Lipinski definition) is 5. The molecule has 6 nitrogen and oxygen atoms in total. The van der Waals surface area contributed by atoms with Crippen LogP contribution in [-0.2, 0) is 14.3 Å². The fraction of sp³-hybridized carbons (Fsp3) is 0.500. The SMILES string of the molecule is CSc1ccc(OC(C)C(=O)N2CCOCC2CC(=O)O)cc1. The molecule has 1 fully saturated rings. The number of carbonyl (C=O) groups is 2. The number of carbonyl (C=O) groups excluding carboxylic acids is 1. The van der Waals surface area contributed by atoms with E-state index in [4.69, 9.17) is 14.6 Å². The van der Waals surface area contributed by atoms with Gasteiger partial charge in [-0.15, -0.1) is 11.8 Å². The fourth-order valence-electron chi connectivity index (χ4n) is 2.46. The van der Waals surface area contributed by atoms with Crippen molar-refractivity contribution < 1.29 is 24.2 Å². The first-order valence-electron chi connectivity index (χ1n) is 7.42. The zero-order valence-electron chi connectivity index (χ0n) is 13.2. The van der Waals surface area contributed by atoms with Gasteiger partial charge in [0, 0.05) is 11.4 Å². The van der Waals surface area contributed by atoms with Gasteiger partial charge in [-0.1, -0.05) is 0 Å². The molecule has 7 heteroatoms. The molecule has 1 aliphatic rings. The number of morpholine rings is 1. The van der Waals surface area contributed by atoms with E-state index in [1.54, 1.807) is 23.6 Å². The van der Waals surface area contributed by atoms with Crippen molar-refractivity contribution in [2.45, 2.75) is 30.4 Å². The van der Waals surface area contributed by atoms with E-state index in [1.165, 1.54) is 0 Å². The average molecular weight is 339 g/mol. The minimum Gasteiger partial charge on any atom is -0.481 e. The number of benzene rings is 1. The summed E-state index contributed by atoms with van der Waals surface area (Å²) in [6, 6.07) is 7.06. The Hall–Kier alpha value is -1.73. The van der Waals surface area contributed by atoms with Crippen LogP contribution in [0.2, 0.25) is 0 Å². The molecule has 2 atom stereocenters. The number of rotatable bonds is 6. The summed E-state index contributed by atoms with van der Waals surface area (Å²) in [4.78, 5) is 26.2. The van der Waals surface area contributed by atoms with Crippen molar-refractivity contribution >= 4 is 23.6 Å². The molecule has 0 spiro atoms. The minimum absolute atomic E-state index is 0.124. The van der Waals surface area contributed by atoms with Gasteiger partial charge in [0.15, 0.2) is 6.10 Å². The lowest BCUT2D eigenvalue weighted by Crippen LogP contribution is -2.53. The molecule has 0 radical (unpaired) electrons. The summed E-state index contributed by atoms with van der Waals surface area (Å²) in [6.45, 7) is 2.72. The fourth-order valence-corrected chi connectivity index (χ4v) is 2.87. The number of carboxylic acid groups (broad SMARTS) is 1. The van der Waals surface area contributed by atoms with Crippen LogP contribution in [0, 0.1) is 0 Å². The van der Waals surface area contributed by atoms with E-state index in [-0.39, 0.29) is 18.9 Å². The Balaban J connectivity index is 2.00. The number of carboxylic acids is 1. The van der Waals surface area contributed by atoms with Crippen molar-refractivity contribution in [3.8, 4) is 5.75 Å². The van der Waals surface area contributed by atoms with Gasteiger partial charge < -0.3 is 19.5 Å². The summed E-state index contributed by atoms with van der Waals surface area (Å²) in [5, 5.41) is 8.96. The molecule has 1 aromatic carbocycles. The summed E-state index contributed by atoms with van der Waals surface area (Å²) >= 11 is 1.63. The standard InChI is InChI=1S/C16H21NO5S/c1-11(22-13-3-5-14(23-2)6-4-13)16(20)17-7-8-21-10-12(17)9-15(18)19/h3-6,11-12H,7-10H2,1-2H3,(H,18,19). The van der Waals surface area contributed by atoms with Gasteiger partial charge in [0.1, 0.15) is 5.75 Å². The quantitative estimate of drug-likeness (QED) is 0.798. The van der Waals surface area contributed by atoms with Gasteiger partial charge in [0.2, 0.25) is 0 Å². The lowest BCUT2D eigenvalue weighted by Gasteiger charge is -2.36. The lowest BCUT2D eigenvalue weighted by atomic mass is 10.1. The van der Waals surface area contributed by atoms with Crippen molar-refractivity contribution in [2.75, 3.05) is 26.0 Å². The van der Waals surface area contributed by atoms with E-state index in [0.29, 0.717) is 18.9 Å². The number of ether oxygens (including phenoxy) is 2. The predicted octanol–water partition coefficient (Wildman–Crippen LogP) is 1.88. The second-order valence-electron chi connectivity index (χ2n) is 5.29. The molecule has 1 aliphatic heterocycles. The molecule has 1 aromatic rings. The smallest absolute Gasteiger partial charge is 0.305 e. The second kappa shape index (κ2) is 8.21. The van der Waals surface area contributed by atoms with Crippen LogP contribution in [0.4, 0.5) is 0 Å². The van der Waals surface area contributed by atoms with E-state index < -0.39 is 18.1 Å². The number of amides is 1. The predicted molar refractivity (Wildman–Crippen MR) is 86.9 cm³/mol. The van der Waals surface area contributed by atoms with Gasteiger partial charge >= 0.3 is 5.97 Å². The third kappa shape index (κ3) is 4.87. The number of thioether (sulfide) groups is 1. The van der Waals surface area contributed by atoms with Gasteiger partial charge in [-0.05, 0) is 37.4 Å². The maximum Gasteiger partial charge on any atom is 0.305 e. The topological polar surface area (TPSA) is 76.1 Å². The Morgan fingerprint density at radius 2 is 2.13 bits per heavy atom. The molecule has 1 N–H and O–H groups in total.